The van der Waals surface area contributed by atoms with Crippen LogP contribution in [0.15, 0.2) is 66.9 Å². The smallest absolute Gasteiger partial charge is 0.343 e. The van der Waals surface area contributed by atoms with Gasteiger partial charge in [-0.2, -0.15) is 5.10 Å². The molecule has 30 heavy (non-hydrogen) atoms. The minimum absolute atomic E-state index is 0.236. The summed E-state index contributed by atoms with van der Waals surface area (Å²) in [6.45, 7) is 4.71. The molecule has 0 aliphatic rings. The van der Waals surface area contributed by atoms with E-state index in [0.29, 0.717) is 17.9 Å². The number of unbranched alkanes of at least 4 members (excludes halogenated alkanes) is 1. The predicted octanol–water partition coefficient (Wildman–Crippen LogP) is 5.23. The van der Waals surface area contributed by atoms with Gasteiger partial charge in [-0.15, -0.1) is 0 Å². The van der Waals surface area contributed by atoms with Crippen LogP contribution < -0.4 is 10.2 Å². The second kappa shape index (κ2) is 10.2. The SMILES string of the molecule is CCCCn1cc(C(=O)OCC)c(N(C(=O)Nc2ccccc2)c2ccccc2)n1. The van der Waals surface area contributed by atoms with Crippen molar-refractivity contribution in [1.29, 1.82) is 0 Å². The molecular formula is C23H26N4O3. The number of rotatable bonds is 8. The average molecular weight is 406 g/mol. The number of anilines is 3. The van der Waals surface area contributed by atoms with Gasteiger partial charge in [0, 0.05) is 18.4 Å². The van der Waals surface area contributed by atoms with Crippen LogP contribution in [0.2, 0.25) is 0 Å². The van der Waals surface area contributed by atoms with Crippen molar-refractivity contribution in [1.82, 2.24) is 9.78 Å². The molecule has 7 heteroatoms. The molecule has 3 aromatic rings. The Hall–Kier alpha value is -3.61. The number of carbonyl (C=O) groups is 2. The zero-order valence-electron chi connectivity index (χ0n) is 17.2. The third-order valence-corrected chi connectivity index (χ3v) is 4.43. The highest BCUT2D eigenvalue weighted by Crippen LogP contribution is 2.29. The predicted molar refractivity (Wildman–Crippen MR) is 117 cm³/mol. The van der Waals surface area contributed by atoms with E-state index < -0.39 is 12.0 Å². The van der Waals surface area contributed by atoms with Crippen molar-refractivity contribution in [2.24, 2.45) is 0 Å². The van der Waals surface area contributed by atoms with Crippen LogP contribution in [0.5, 0.6) is 0 Å². The highest BCUT2D eigenvalue weighted by molar-refractivity contribution is 6.10. The summed E-state index contributed by atoms with van der Waals surface area (Å²) in [7, 11) is 0. The van der Waals surface area contributed by atoms with Gasteiger partial charge >= 0.3 is 12.0 Å². The quantitative estimate of drug-likeness (QED) is 0.520. The number of amides is 2. The largest absolute Gasteiger partial charge is 0.462 e. The zero-order valence-corrected chi connectivity index (χ0v) is 17.2. The molecule has 2 aromatic carbocycles. The second-order valence-corrected chi connectivity index (χ2v) is 6.67. The summed E-state index contributed by atoms with van der Waals surface area (Å²) in [4.78, 5) is 27.3. The molecule has 156 valence electrons. The van der Waals surface area contributed by atoms with Gasteiger partial charge in [-0.1, -0.05) is 49.7 Å². The van der Waals surface area contributed by atoms with Crippen LogP contribution in [0, 0.1) is 0 Å². The first kappa shape index (κ1) is 21.1. The maximum Gasteiger partial charge on any atom is 0.343 e. The van der Waals surface area contributed by atoms with Gasteiger partial charge in [0.05, 0.1) is 12.3 Å². The van der Waals surface area contributed by atoms with Crippen molar-refractivity contribution in [3.05, 3.63) is 72.4 Å². The maximum absolute atomic E-state index is 13.3. The van der Waals surface area contributed by atoms with E-state index in [1.165, 1.54) is 4.90 Å². The van der Waals surface area contributed by atoms with E-state index in [-0.39, 0.29) is 18.0 Å². The number of esters is 1. The van der Waals surface area contributed by atoms with E-state index in [4.69, 9.17) is 4.74 Å². The fourth-order valence-corrected chi connectivity index (χ4v) is 2.98. The van der Waals surface area contributed by atoms with Gasteiger partial charge in [0.15, 0.2) is 5.82 Å². The molecule has 0 aliphatic carbocycles. The Balaban J connectivity index is 2.05. The van der Waals surface area contributed by atoms with E-state index >= 15 is 0 Å². The molecule has 7 nitrogen and oxygen atoms in total. The number of aryl methyl sites for hydroxylation is 1. The van der Waals surface area contributed by atoms with Crippen molar-refractivity contribution in [3.8, 4) is 0 Å². The summed E-state index contributed by atoms with van der Waals surface area (Å²) >= 11 is 0. The van der Waals surface area contributed by atoms with Gasteiger partial charge in [-0.3, -0.25) is 4.68 Å². The molecule has 0 unspecified atom stereocenters. The molecule has 0 atom stereocenters. The second-order valence-electron chi connectivity index (χ2n) is 6.67. The minimum atomic E-state index is -0.510. The third kappa shape index (κ3) is 5.05. The molecule has 0 fully saturated rings. The monoisotopic (exact) mass is 406 g/mol. The van der Waals surface area contributed by atoms with Crippen LogP contribution in [0.25, 0.3) is 0 Å². The normalized spacial score (nSPS) is 10.5. The fraction of sp³-hybridized carbons (Fsp3) is 0.261. The molecule has 0 aliphatic heterocycles. The number of hydrogen-bond acceptors (Lipinski definition) is 4. The summed E-state index contributed by atoms with van der Waals surface area (Å²) in [5, 5.41) is 7.45. The number of nitrogens with one attached hydrogen (secondary N) is 1. The number of urea groups is 1. The molecule has 1 aromatic heterocycles. The number of nitrogens with zero attached hydrogens (tertiary/aromatic N) is 3. The molecule has 0 radical (unpaired) electrons. The van der Waals surface area contributed by atoms with Gasteiger partial charge in [0.2, 0.25) is 0 Å². The zero-order chi connectivity index (χ0) is 21.3. The number of hydrogen-bond donors (Lipinski definition) is 1. The Morgan fingerprint density at radius 2 is 1.70 bits per heavy atom. The van der Waals surface area contributed by atoms with Crippen LogP contribution in [0.3, 0.4) is 0 Å². The molecule has 0 spiro atoms. The van der Waals surface area contributed by atoms with E-state index in [2.05, 4.69) is 17.3 Å². The highest BCUT2D eigenvalue weighted by Gasteiger charge is 2.28. The summed E-state index contributed by atoms with van der Waals surface area (Å²) in [6, 6.07) is 17.8. The van der Waals surface area contributed by atoms with Gasteiger partial charge in [0.25, 0.3) is 0 Å². The third-order valence-electron chi connectivity index (χ3n) is 4.43. The van der Waals surface area contributed by atoms with Crippen molar-refractivity contribution >= 4 is 29.2 Å². The lowest BCUT2D eigenvalue weighted by Crippen LogP contribution is -2.32. The standard InChI is InChI=1S/C23H26N4O3/c1-3-5-16-26-17-20(22(28)30-4-2)21(25-26)27(19-14-10-7-11-15-19)23(29)24-18-12-8-6-9-13-18/h6-15,17H,3-5,16H2,1-2H3,(H,24,29). The highest BCUT2D eigenvalue weighted by atomic mass is 16.5. The lowest BCUT2D eigenvalue weighted by molar-refractivity contribution is 0.0527. The molecule has 0 bridgehead atoms. The average Bonchev–Trinajstić information content (AvgIpc) is 3.18. The molecule has 3 rings (SSSR count). The maximum atomic E-state index is 13.3. The van der Waals surface area contributed by atoms with Crippen LogP contribution in [0.1, 0.15) is 37.0 Å². The van der Waals surface area contributed by atoms with Gasteiger partial charge in [-0.05, 0) is 37.6 Å². The number of aromatic nitrogens is 2. The van der Waals surface area contributed by atoms with Gasteiger partial charge in [0.1, 0.15) is 5.56 Å². The molecular weight excluding hydrogens is 380 g/mol. The lowest BCUT2D eigenvalue weighted by Gasteiger charge is -2.22. The number of carbonyl (C=O) groups excluding carboxylic acids is 2. The summed E-state index contributed by atoms with van der Waals surface area (Å²) in [5.74, 6) is -0.270. The number of para-hydroxylation sites is 2. The molecule has 1 N–H and O–H groups in total. The Labute approximate surface area is 176 Å². The van der Waals surface area contributed by atoms with Gasteiger partial charge in [-0.25, -0.2) is 14.5 Å². The topological polar surface area (TPSA) is 76.5 Å². The van der Waals surface area contributed by atoms with Crippen LogP contribution in [-0.2, 0) is 11.3 Å². The van der Waals surface area contributed by atoms with Crippen molar-refractivity contribution in [3.63, 3.8) is 0 Å². The minimum Gasteiger partial charge on any atom is -0.462 e. The number of benzene rings is 2. The van der Waals surface area contributed by atoms with E-state index in [1.54, 1.807) is 42.1 Å². The molecule has 2 amide bonds. The summed E-state index contributed by atoms with van der Waals surface area (Å²) in [6.07, 6.45) is 3.54. The first-order valence-electron chi connectivity index (χ1n) is 10.1. The Bertz CT molecular complexity index is 971. The lowest BCUT2D eigenvalue weighted by atomic mass is 10.2. The van der Waals surface area contributed by atoms with E-state index in [9.17, 15) is 9.59 Å². The molecule has 0 saturated carbocycles. The van der Waals surface area contributed by atoms with E-state index in [1.807, 2.05) is 36.4 Å². The molecule has 1 heterocycles. The molecule has 0 saturated heterocycles. The van der Waals surface area contributed by atoms with Crippen LogP contribution >= 0.6 is 0 Å². The van der Waals surface area contributed by atoms with Crippen molar-refractivity contribution in [2.75, 3.05) is 16.8 Å². The van der Waals surface area contributed by atoms with Gasteiger partial charge < -0.3 is 10.1 Å². The fourth-order valence-electron chi connectivity index (χ4n) is 2.98. The van der Waals surface area contributed by atoms with Crippen molar-refractivity contribution in [2.45, 2.75) is 33.2 Å². The number of ether oxygens (including phenoxy) is 1. The van der Waals surface area contributed by atoms with E-state index in [0.717, 1.165) is 12.8 Å². The Morgan fingerprint density at radius 1 is 1.03 bits per heavy atom. The summed E-state index contributed by atoms with van der Waals surface area (Å²) in [5.41, 5.74) is 1.49. The Morgan fingerprint density at radius 3 is 2.33 bits per heavy atom. The first-order valence-corrected chi connectivity index (χ1v) is 10.1. The summed E-state index contributed by atoms with van der Waals surface area (Å²) < 4.78 is 6.91. The van der Waals surface area contributed by atoms with Crippen LogP contribution in [-0.4, -0.2) is 28.4 Å². The van der Waals surface area contributed by atoms with Crippen LogP contribution in [0.4, 0.5) is 22.0 Å². The Kier molecular flexibility index (Phi) is 7.21. The van der Waals surface area contributed by atoms with Crippen molar-refractivity contribution < 1.29 is 14.3 Å². The first-order chi connectivity index (χ1) is 14.6.